The molecule has 3 aromatic rings. The molecular formula is C31H32BrN3O4. The predicted octanol–water partition coefficient (Wildman–Crippen LogP) is 6.66. The largest absolute Gasteiger partial charge is 0.481 e. The summed E-state index contributed by atoms with van der Waals surface area (Å²) in [6.45, 7) is 3.95. The number of carbonyl (C=O) groups excluding carboxylic acids is 1. The molecule has 202 valence electrons. The van der Waals surface area contributed by atoms with Crippen molar-refractivity contribution < 1.29 is 19.5 Å². The zero-order chi connectivity index (χ0) is 27.4. The molecule has 1 unspecified atom stereocenters. The van der Waals surface area contributed by atoms with Gasteiger partial charge in [-0.25, -0.2) is 4.98 Å². The van der Waals surface area contributed by atoms with Crippen LogP contribution in [0.2, 0.25) is 0 Å². The topological polar surface area (TPSA) is 101 Å². The minimum absolute atomic E-state index is 0.0244. The normalized spacial score (nSPS) is 26.0. The van der Waals surface area contributed by atoms with E-state index in [1.54, 1.807) is 0 Å². The number of nitrogens with zero attached hydrogens (tertiary/aromatic N) is 2. The van der Waals surface area contributed by atoms with Crippen LogP contribution in [0.4, 0.5) is 0 Å². The van der Waals surface area contributed by atoms with E-state index < -0.39 is 16.9 Å². The highest BCUT2D eigenvalue weighted by Gasteiger charge is 2.57. The molecular weight excluding hydrogens is 558 g/mol. The van der Waals surface area contributed by atoms with E-state index in [-0.39, 0.29) is 18.4 Å². The van der Waals surface area contributed by atoms with Crippen LogP contribution >= 0.6 is 15.9 Å². The number of amides is 1. The molecule has 2 aromatic carbocycles. The van der Waals surface area contributed by atoms with Crippen molar-refractivity contribution in [3.8, 4) is 11.3 Å². The number of rotatable bonds is 7. The minimum atomic E-state index is -0.845. The first-order chi connectivity index (χ1) is 18.7. The smallest absolute Gasteiger partial charge is 0.310 e. The van der Waals surface area contributed by atoms with Gasteiger partial charge in [-0.2, -0.15) is 0 Å². The van der Waals surface area contributed by atoms with Gasteiger partial charge in [0.05, 0.1) is 33.4 Å². The Bertz CT molecular complexity index is 1490. The van der Waals surface area contributed by atoms with Gasteiger partial charge in [-0.15, -0.1) is 0 Å². The van der Waals surface area contributed by atoms with Crippen LogP contribution in [0.25, 0.3) is 22.2 Å². The number of halogens is 1. The van der Waals surface area contributed by atoms with E-state index >= 15 is 0 Å². The molecule has 0 spiro atoms. The Labute approximate surface area is 236 Å². The second-order valence-electron chi connectivity index (χ2n) is 11.5. The molecule has 1 amide bonds. The number of nitrogens with one attached hydrogen (secondary N) is 1. The maximum atomic E-state index is 14.3. The second-order valence-corrected chi connectivity index (χ2v) is 12.4. The van der Waals surface area contributed by atoms with E-state index in [1.807, 2.05) is 62.4 Å². The van der Waals surface area contributed by atoms with Crippen molar-refractivity contribution in [3.05, 3.63) is 64.1 Å². The lowest BCUT2D eigenvalue weighted by Gasteiger charge is -2.51. The van der Waals surface area contributed by atoms with Gasteiger partial charge in [-0.1, -0.05) is 51.4 Å². The summed E-state index contributed by atoms with van der Waals surface area (Å²) in [4.78, 5) is 37.4. The van der Waals surface area contributed by atoms with Crippen LogP contribution in [0.15, 0.2) is 58.2 Å². The van der Waals surface area contributed by atoms with E-state index in [9.17, 15) is 14.7 Å². The molecule has 4 saturated carbocycles. The standard InChI is InChI=1S/C31H32BrN3O4/c1-18-26(23-16-22(32)10-11-24(23)33-27(18)21-6-4-3-5-7-21)28(36)34-31-14-12-30(13-15-31,29(37)38)17-25(31)35-39-19(2)20-8-9-20/h3-7,10-11,16,19-20H,8-9,12-15,17H2,1-2H3,(H,34,36)(H,37,38)/b35-25+. The number of oxime groups is 1. The Hall–Kier alpha value is -3.26. The summed E-state index contributed by atoms with van der Waals surface area (Å²) in [6.07, 6.45) is 4.54. The monoisotopic (exact) mass is 589 g/mol. The lowest BCUT2D eigenvalue weighted by atomic mass is 9.56. The summed E-state index contributed by atoms with van der Waals surface area (Å²) in [5.74, 6) is -0.504. The number of fused-ring (bicyclic) bond motifs is 4. The number of pyridine rings is 1. The van der Waals surface area contributed by atoms with Crippen LogP contribution in [-0.4, -0.2) is 39.3 Å². The van der Waals surface area contributed by atoms with Gasteiger partial charge in [0, 0.05) is 21.8 Å². The van der Waals surface area contributed by atoms with E-state index in [1.165, 1.54) is 0 Å². The molecule has 4 aliphatic rings. The number of carboxylic acid groups (broad SMARTS) is 1. The third-order valence-electron chi connectivity index (χ3n) is 9.01. The third kappa shape index (κ3) is 4.62. The second kappa shape index (κ2) is 9.73. The molecule has 0 radical (unpaired) electrons. The summed E-state index contributed by atoms with van der Waals surface area (Å²) in [6, 6.07) is 15.7. The van der Waals surface area contributed by atoms with Crippen molar-refractivity contribution >= 4 is 44.4 Å². The number of hydrogen-bond donors (Lipinski definition) is 2. The summed E-state index contributed by atoms with van der Waals surface area (Å²) < 4.78 is 0.863. The highest BCUT2D eigenvalue weighted by molar-refractivity contribution is 9.10. The van der Waals surface area contributed by atoms with Crippen LogP contribution in [0.5, 0.6) is 0 Å². The quantitative estimate of drug-likeness (QED) is 0.300. The number of benzene rings is 2. The molecule has 8 heteroatoms. The van der Waals surface area contributed by atoms with E-state index in [0.717, 1.165) is 45.0 Å². The number of hydrogen-bond acceptors (Lipinski definition) is 5. The molecule has 1 aromatic heterocycles. The molecule has 0 aliphatic heterocycles. The molecule has 4 aliphatic carbocycles. The Morgan fingerprint density at radius 2 is 1.85 bits per heavy atom. The first-order valence-corrected chi connectivity index (χ1v) is 14.5. The molecule has 2 bridgehead atoms. The van der Waals surface area contributed by atoms with Gasteiger partial charge >= 0.3 is 5.97 Å². The maximum absolute atomic E-state index is 14.3. The first-order valence-electron chi connectivity index (χ1n) is 13.7. The van der Waals surface area contributed by atoms with Crippen molar-refractivity contribution in [2.75, 3.05) is 0 Å². The Kier molecular flexibility index (Phi) is 6.49. The lowest BCUT2D eigenvalue weighted by Crippen LogP contribution is -2.64. The fourth-order valence-electron chi connectivity index (χ4n) is 6.30. The van der Waals surface area contributed by atoms with Gasteiger partial charge in [-0.05, 0) is 82.1 Å². The van der Waals surface area contributed by atoms with Gasteiger partial charge < -0.3 is 15.3 Å². The number of aromatic nitrogens is 1. The van der Waals surface area contributed by atoms with Gasteiger partial charge in [-0.3, -0.25) is 9.59 Å². The molecule has 39 heavy (non-hydrogen) atoms. The van der Waals surface area contributed by atoms with Crippen molar-refractivity contribution in [3.63, 3.8) is 0 Å². The molecule has 1 heterocycles. The Morgan fingerprint density at radius 1 is 1.13 bits per heavy atom. The van der Waals surface area contributed by atoms with Gasteiger partial charge in [0.15, 0.2) is 0 Å². The number of carboxylic acids is 1. The molecule has 7 nitrogen and oxygen atoms in total. The molecule has 2 N–H and O–H groups in total. The van der Waals surface area contributed by atoms with Crippen LogP contribution in [0, 0.1) is 18.3 Å². The molecule has 4 fully saturated rings. The zero-order valence-electron chi connectivity index (χ0n) is 22.2. The highest BCUT2D eigenvalue weighted by Crippen LogP contribution is 2.51. The van der Waals surface area contributed by atoms with Crippen LogP contribution in [0.3, 0.4) is 0 Å². The Balaban J connectivity index is 1.41. The SMILES string of the molecule is Cc1c(-c2ccccc2)nc2ccc(Br)cc2c1C(=O)NC12CCC(C(=O)O)(CC1)C/C2=N\OC(C)C1CC1. The fraction of sp³-hybridized carbons (Fsp3) is 0.419. The van der Waals surface area contributed by atoms with E-state index in [2.05, 4.69) is 26.4 Å². The van der Waals surface area contributed by atoms with Crippen molar-refractivity contribution in [1.29, 1.82) is 0 Å². The van der Waals surface area contributed by atoms with E-state index in [0.29, 0.717) is 42.9 Å². The van der Waals surface area contributed by atoms with Gasteiger partial charge in [0.2, 0.25) is 0 Å². The van der Waals surface area contributed by atoms with Crippen molar-refractivity contribution in [2.24, 2.45) is 16.5 Å². The van der Waals surface area contributed by atoms with Crippen LogP contribution in [0.1, 0.15) is 67.8 Å². The fourth-order valence-corrected chi connectivity index (χ4v) is 6.66. The average molecular weight is 591 g/mol. The van der Waals surface area contributed by atoms with E-state index in [4.69, 9.17) is 9.82 Å². The minimum Gasteiger partial charge on any atom is -0.481 e. The lowest BCUT2D eigenvalue weighted by molar-refractivity contribution is -0.152. The third-order valence-corrected chi connectivity index (χ3v) is 9.50. The summed E-state index contributed by atoms with van der Waals surface area (Å²) in [5, 5.41) is 18.8. The highest BCUT2D eigenvalue weighted by atomic mass is 79.9. The van der Waals surface area contributed by atoms with Crippen LogP contribution < -0.4 is 5.32 Å². The number of carbonyl (C=O) groups is 2. The van der Waals surface area contributed by atoms with Crippen LogP contribution in [-0.2, 0) is 9.63 Å². The number of aliphatic carboxylic acids is 1. The van der Waals surface area contributed by atoms with Gasteiger partial charge in [0.25, 0.3) is 5.91 Å². The maximum Gasteiger partial charge on any atom is 0.310 e. The summed E-state index contributed by atoms with van der Waals surface area (Å²) >= 11 is 3.56. The molecule has 0 saturated heterocycles. The molecule has 1 atom stereocenters. The van der Waals surface area contributed by atoms with Crippen molar-refractivity contribution in [2.45, 2.75) is 70.4 Å². The van der Waals surface area contributed by atoms with Gasteiger partial charge in [0.1, 0.15) is 6.10 Å². The molecule has 7 rings (SSSR count). The average Bonchev–Trinajstić information content (AvgIpc) is 3.78. The first kappa shape index (κ1) is 26.0. The predicted molar refractivity (Wildman–Crippen MR) is 154 cm³/mol. The zero-order valence-corrected chi connectivity index (χ0v) is 23.8. The summed E-state index contributed by atoms with van der Waals surface area (Å²) in [7, 11) is 0. The Morgan fingerprint density at radius 3 is 2.51 bits per heavy atom. The summed E-state index contributed by atoms with van der Waals surface area (Å²) in [5.41, 5.74) is 2.87. The van der Waals surface area contributed by atoms with Crippen molar-refractivity contribution in [1.82, 2.24) is 10.3 Å².